The number of esters is 1. The average Bonchev–Trinajstić information content (AvgIpc) is 3.64. The Bertz CT molecular complexity index is 1620. The maximum atomic E-state index is 13.1. The first-order chi connectivity index (χ1) is 22.3. The van der Waals surface area contributed by atoms with Gasteiger partial charge in [-0.15, -0.1) is 0 Å². The van der Waals surface area contributed by atoms with E-state index in [1.165, 1.54) is 6.92 Å². The van der Waals surface area contributed by atoms with E-state index < -0.39 is 29.8 Å². The number of fused-ring (bicyclic) bond motifs is 1. The fourth-order valence-electron chi connectivity index (χ4n) is 4.49. The summed E-state index contributed by atoms with van der Waals surface area (Å²) in [6.07, 6.45) is 1.98. The molecule has 1 atom stereocenters. The van der Waals surface area contributed by atoms with Gasteiger partial charge in [-0.3, -0.25) is 14.4 Å². The molecule has 46 heavy (non-hydrogen) atoms. The normalized spacial score (nSPS) is 11.5. The van der Waals surface area contributed by atoms with Crippen LogP contribution in [-0.2, 0) is 32.3 Å². The van der Waals surface area contributed by atoms with Gasteiger partial charge in [0.1, 0.15) is 18.2 Å². The number of unbranched alkanes of at least 4 members (excludes halogenated alkanes) is 2. The van der Waals surface area contributed by atoms with Crippen molar-refractivity contribution in [2.75, 3.05) is 13.1 Å². The molecule has 2 aromatic heterocycles. The molecular weight excluding hydrogens is 598 g/mol. The van der Waals surface area contributed by atoms with Crippen LogP contribution in [0.15, 0.2) is 78.7 Å². The minimum absolute atomic E-state index is 0.0820. The van der Waals surface area contributed by atoms with E-state index in [1.807, 2.05) is 42.5 Å². The summed E-state index contributed by atoms with van der Waals surface area (Å²) in [6.45, 7) is 2.06. The van der Waals surface area contributed by atoms with Crippen LogP contribution < -0.4 is 21.8 Å². The third-order valence-electron chi connectivity index (χ3n) is 6.98. The summed E-state index contributed by atoms with van der Waals surface area (Å²) in [4.78, 5) is 61.2. The monoisotopic (exact) mass is 635 g/mol. The van der Waals surface area contributed by atoms with E-state index in [4.69, 9.17) is 22.7 Å². The first kappa shape index (κ1) is 33.6. The lowest BCUT2D eigenvalue weighted by Crippen LogP contribution is -2.47. The third kappa shape index (κ3) is 10.7. The molecule has 0 aliphatic heterocycles. The molecule has 4 aromatic rings. The highest BCUT2D eigenvalue weighted by Gasteiger charge is 2.23. The number of alkyl carbamates (subject to hydrolysis) is 1. The van der Waals surface area contributed by atoms with Gasteiger partial charge >= 0.3 is 17.9 Å². The van der Waals surface area contributed by atoms with E-state index in [0.717, 1.165) is 10.9 Å². The Morgan fingerprint density at radius 2 is 1.57 bits per heavy atom. The second kappa shape index (κ2) is 17.2. The van der Waals surface area contributed by atoms with Crippen molar-refractivity contribution in [3.05, 3.63) is 94.1 Å². The molecule has 2 aromatic carbocycles. The van der Waals surface area contributed by atoms with Crippen molar-refractivity contribution in [3.8, 4) is 0 Å². The molecule has 244 valence electrons. The zero-order valence-corrected chi connectivity index (χ0v) is 25.5. The summed E-state index contributed by atoms with van der Waals surface area (Å²) in [6, 6.07) is 17.2. The Morgan fingerprint density at radius 3 is 2.33 bits per heavy atom. The number of hydrogen-bond acceptors (Lipinski definition) is 10. The number of ether oxygens (including phenoxy) is 2. The van der Waals surface area contributed by atoms with Gasteiger partial charge in [-0.2, -0.15) is 0 Å². The van der Waals surface area contributed by atoms with E-state index >= 15 is 0 Å². The van der Waals surface area contributed by atoms with E-state index in [-0.39, 0.29) is 55.8 Å². The fraction of sp³-hybridized carbons (Fsp3) is 0.364. The standard InChI is InChI=1S/C33H37N3O10/c1-22-28(46-33(41)44-22)21-42-29(37)16-6-3-9-17-34-30(38)25(36-31(39)27-19-24-13-7-8-15-26(24)45-27)14-10-18-35-32(40)43-20-23-11-4-2-5-12-23/h2,4-5,7-8,11-13,15,19,25H,3,6,9-10,14,16-18,20-21H2,1H3,(H,34,38)(H,35,40)(H,36,39)/t25-/m0/s1. The first-order valence-electron chi connectivity index (χ1n) is 15.0. The van der Waals surface area contributed by atoms with Gasteiger partial charge in [0.25, 0.3) is 5.91 Å². The van der Waals surface area contributed by atoms with Crippen LogP contribution in [-0.4, -0.2) is 43.0 Å². The number of rotatable bonds is 17. The van der Waals surface area contributed by atoms with Crippen molar-refractivity contribution in [1.29, 1.82) is 0 Å². The summed E-state index contributed by atoms with van der Waals surface area (Å²) in [5.41, 5.74) is 1.42. The molecule has 13 heteroatoms. The molecule has 0 saturated carbocycles. The van der Waals surface area contributed by atoms with Crippen molar-refractivity contribution in [2.24, 2.45) is 0 Å². The Kier molecular flexibility index (Phi) is 12.6. The van der Waals surface area contributed by atoms with Crippen LogP contribution in [0.1, 0.15) is 66.2 Å². The quantitative estimate of drug-likeness (QED) is 0.110. The maximum absolute atomic E-state index is 13.1. The molecule has 0 unspecified atom stereocenters. The lowest BCUT2D eigenvalue weighted by Gasteiger charge is -2.18. The molecule has 0 spiro atoms. The number of nitrogens with one attached hydrogen (secondary N) is 3. The first-order valence-corrected chi connectivity index (χ1v) is 15.0. The summed E-state index contributed by atoms with van der Waals surface area (Å²) >= 11 is 0. The Labute approximate surface area is 264 Å². The van der Waals surface area contributed by atoms with E-state index in [2.05, 4.69) is 16.0 Å². The molecule has 4 rings (SSSR count). The van der Waals surface area contributed by atoms with Crippen LogP contribution in [0.25, 0.3) is 11.0 Å². The molecule has 0 aliphatic rings. The molecule has 3 amide bonds. The van der Waals surface area contributed by atoms with Gasteiger partial charge in [0.15, 0.2) is 23.9 Å². The maximum Gasteiger partial charge on any atom is 0.519 e. The summed E-state index contributed by atoms with van der Waals surface area (Å²) < 4.78 is 25.5. The highest BCUT2D eigenvalue weighted by Crippen LogP contribution is 2.19. The molecule has 0 fully saturated rings. The van der Waals surface area contributed by atoms with Crippen LogP contribution >= 0.6 is 0 Å². The Balaban J connectivity index is 1.19. The Hall–Kier alpha value is -5.33. The van der Waals surface area contributed by atoms with Gasteiger partial charge in [0.2, 0.25) is 5.91 Å². The number of furan rings is 1. The van der Waals surface area contributed by atoms with E-state index in [1.54, 1.807) is 18.2 Å². The van der Waals surface area contributed by atoms with Gasteiger partial charge in [-0.05, 0) is 50.3 Å². The third-order valence-corrected chi connectivity index (χ3v) is 6.98. The predicted octanol–water partition coefficient (Wildman–Crippen LogP) is 4.51. The van der Waals surface area contributed by atoms with Gasteiger partial charge in [-0.1, -0.05) is 55.0 Å². The number of carbonyl (C=O) groups is 4. The predicted molar refractivity (Wildman–Crippen MR) is 165 cm³/mol. The van der Waals surface area contributed by atoms with Crippen molar-refractivity contribution < 1.29 is 41.9 Å². The van der Waals surface area contributed by atoms with Crippen LogP contribution in [0.4, 0.5) is 4.79 Å². The molecule has 13 nitrogen and oxygen atoms in total. The summed E-state index contributed by atoms with van der Waals surface area (Å²) in [5.74, 6) is -1.70. The van der Waals surface area contributed by atoms with E-state index in [0.29, 0.717) is 37.8 Å². The van der Waals surface area contributed by atoms with Crippen LogP contribution in [0.2, 0.25) is 0 Å². The molecule has 0 radical (unpaired) electrons. The van der Waals surface area contributed by atoms with E-state index in [9.17, 15) is 24.0 Å². The minimum atomic E-state index is -0.885. The number of carbonyl (C=O) groups excluding carboxylic acids is 4. The highest BCUT2D eigenvalue weighted by atomic mass is 16.6. The zero-order valence-electron chi connectivity index (χ0n) is 25.5. The van der Waals surface area contributed by atoms with Crippen molar-refractivity contribution in [2.45, 2.75) is 64.7 Å². The van der Waals surface area contributed by atoms with Crippen LogP contribution in [0, 0.1) is 6.92 Å². The molecule has 0 aliphatic carbocycles. The zero-order chi connectivity index (χ0) is 32.7. The molecule has 3 N–H and O–H groups in total. The van der Waals surface area contributed by atoms with Crippen LogP contribution in [0.3, 0.4) is 0 Å². The average molecular weight is 636 g/mol. The molecular formula is C33H37N3O10. The van der Waals surface area contributed by atoms with Crippen LogP contribution in [0.5, 0.6) is 0 Å². The minimum Gasteiger partial charge on any atom is -0.457 e. The Morgan fingerprint density at radius 1 is 0.804 bits per heavy atom. The van der Waals surface area contributed by atoms with Crippen molar-refractivity contribution in [1.82, 2.24) is 16.0 Å². The molecule has 2 heterocycles. The van der Waals surface area contributed by atoms with Gasteiger partial charge in [0, 0.05) is 24.9 Å². The SMILES string of the molecule is Cc1oc(=O)oc1COC(=O)CCCCCNC(=O)[C@H](CCCNC(=O)OCc1ccccc1)NC(=O)c1cc2ccccc2o1. The van der Waals surface area contributed by atoms with Gasteiger partial charge in [-0.25, -0.2) is 9.59 Å². The highest BCUT2D eigenvalue weighted by molar-refractivity contribution is 5.98. The molecule has 0 bridgehead atoms. The second-order valence-electron chi connectivity index (χ2n) is 10.5. The number of hydrogen-bond donors (Lipinski definition) is 3. The van der Waals surface area contributed by atoms with Crippen molar-refractivity contribution >= 4 is 34.8 Å². The smallest absolute Gasteiger partial charge is 0.457 e. The number of benzene rings is 2. The second-order valence-corrected chi connectivity index (χ2v) is 10.5. The number of amides is 3. The van der Waals surface area contributed by atoms with Gasteiger partial charge in [0.05, 0.1) is 0 Å². The number of para-hydroxylation sites is 1. The molecule has 0 saturated heterocycles. The van der Waals surface area contributed by atoms with Gasteiger partial charge < -0.3 is 38.7 Å². The largest absolute Gasteiger partial charge is 0.519 e. The lowest BCUT2D eigenvalue weighted by atomic mass is 10.1. The fourth-order valence-corrected chi connectivity index (χ4v) is 4.49. The topological polar surface area (TPSA) is 179 Å². The lowest BCUT2D eigenvalue weighted by molar-refractivity contribution is -0.145. The van der Waals surface area contributed by atoms with Crippen molar-refractivity contribution in [3.63, 3.8) is 0 Å². The summed E-state index contributed by atoms with van der Waals surface area (Å²) in [5, 5.41) is 9.00. The summed E-state index contributed by atoms with van der Waals surface area (Å²) in [7, 11) is 0. The number of aryl methyl sites for hydroxylation is 1.